The monoisotopic (exact) mass is 530 g/mol. The first-order valence-corrected chi connectivity index (χ1v) is 19.2. The normalized spacial score (nSPS) is 22.2. The molecule has 1 aromatic carbocycles. The highest BCUT2D eigenvalue weighted by atomic mass is 28.4. The molecule has 0 unspecified atom stereocenters. The smallest absolute Gasteiger partial charge is 0.342 e. The molecule has 5 nitrogen and oxygen atoms in total. The summed E-state index contributed by atoms with van der Waals surface area (Å²) in [4.78, 5) is 25.3. The summed E-state index contributed by atoms with van der Waals surface area (Å²) in [5, 5.41) is 0.292. The van der Waals surface area contributed by atoms with Crippen LogP contribution >= 0.6 is 0 Å². The topological polar surface area (TPSA) is 61.8 Å². The fourth-order valence-electron chi connectivity index (χ4n) is 4.40. The Hall–Kier alpha value is -1.71. The van der Waals surface area contributed by atoms with Gasteiger partial charge in [0.2, 0.25) is 8.32 Å². The average molecular weight is 531 g/mol. The van der Waals surface area contributed by atoms with Gasteiger partial charge in [0.05, 0.1) is 11.1 Å². The molecule has 0 saturated heterocycles. The van der Waals surface area contributed by atoms with Crippen molar-refractivity contribution in [3.63, 3.8) is 0 Å². The number of carbonyl (C=O) groups is 2. The summed E-state index contributed by atoms with van der Waals surface area (Å²) in [6.45, 7) is 22.5. The second-order valence-electron chi connectivity index (χ2n) is 13.6. The van der Waals surface area contributed by atoms with Gasteiger partial charge in [-0.2, -0.15) is 0 Å². The van der Waals surface area contributed by atoms with Crippen LogP contribution in [-0.2, 0) is 25.2 Å². The van der Waals surface area contributed by atoms with Crippen molar-refractivity contribution in [2.75, 3.05) is 0 Å². The molecule has 1 aliphatic heterocycles. The summed E-state index contributed by atoms with van der Waals surface area (Å²) < 4.78 is 18.1. The van der Waals surface area contributed by atoms with E-state index in [1.165, 1.54) is 0 Å². The maximum atomic E-state index is 12.7. The van der Waals surface area contributed by atoms with Crippen LogP contribution in [0.1, 0.15) is 72.8 Å². The molecule has 0 spiro atoms. The predicted octanol–water partition coefficient (Wildman–Crippen LogP) is 7.57. The fraction of sp³-hybridized carbons (Fsp3) is 0.655. The van der Waals surface area contributed by atoms with Gasteiger partial charge in [-0.1, -0.05) is 53.7 Å². The van der Waals surface area contributed by atoms with Gasteiger partial charge in [-0.05, 0) is 85.6 Å². The molecule has 1 fully saturated rings. The van der Waals surface area contributed by atoms with Crippen LogP contribution in [0.15, 0.2) is 35.4 Å². The number of hydrogen-bond acceptors (Lipinski definition) is 5. The van der Waals surface area contributed by atoms with E-state index in [2.05, 4.69) is 67.7 Å². The maximum Gasteiger partial charge on any atom is 0.342 e. The van der Waals surface area contributed by atoms with Gasteiger partial charge < -0.3 is 13.6 Å². The first-order valence-electron chi connectivity index (χ1n) is 13.4. The van der Waals surface area contributed by atoms with Crippen molar-refractivity contribution in [2.24, 2.45) is 5.92 Å². The third kappa shape index (κ3) is 6.40. The molecule has 1 heterocycles. The molecule has 0 amide bonds. The van der Waals surface area contributed by atoms with Crippen LogP contribution in [0.5, 0.6) is 5.75 Å². The molecule has 1 aliphatic carbocycles. The van der Waals surface area contributed by atoms with Gasteiger partial charge in [0.15, 0.2) is 8.32 Å². The van der Waals surface area contributed by atoms with Crippen LogP contribution < -0.4 is 4.43 Å². The molecule has 36 heavy (non-hydrogen) atoms. The zero-order chi connectivity index (χ0) is 27.1. The Morgan fingerprint density at radius 1 is 0.806 bits per heavy atom. The lowest BCUT2D eigenvalue weighted by Gasteiger charge is -2.41. The summed E-state index contributed by atoms with van der Waals surface area (Å²) >= 11 is 0. The van der Waals surface area contributed by atoms with E-state index in [9.17, 15) is 9.59 Å². The number of cyclic esters (lactones) is 2. The molecule has 0 atom stereocenters. The molecule has 0 radical (unpaired) electrons. The van der Waals surface area contributed by atoms with Crippen LogP contribution in [0, 0.1) is 5.92 Å². The third-order valence-corrected chi connectivity index (χ3v) is 17.7. The summed E-state index contributed by atoms with van der Waals surface area (Å²) in [6.07, 6.45) is 4.15. The van der Waals surface area contributed by atoms with Crippen molar-refractivity contribution in [1.29, 1.82) is 0 Å². The number of carbonyl (C=O) groups excluding carboxylic acids is 2. The zero-order valence-corrected chi connectivity index (χ0v) is 26.0. The Morgan fingerprint density at radius 3 is 1.83 bits per heavy atom. The van der Waals surface area contributed by atoms with E-state index in [1.807, 2.05) is 24.3 Å². The molecular formula is C29H46O5Si2. The molecule has 200 valence electrons. The number of rotatable bonds is 7. The van der Waals surface area contributed by atoms with Gasteiger partial charge in [-0.15, -0.1) is 0 Å². The van der Waals surface area contributed by atoms with E-state index in [0.717, 1.165) is 37.0 Å². The molecule has 0 bridgehead atoms. The van der Waals surface area contributed by atoms with Crippen molar-refractivity contribution in [1.82, 2.24) is 0 Å². The lowest BCUT2D eigenvalue weighted by Crippen LogP contribution is -2.44. The standard InChI is InChI=1S/C29H46O5Si2/c1-28(2,3)35(7,8)33-22-15-11-20(12-16-22)19-24-25(27(31)32-26(24)30)21-13-17-23(18-14-21)34-36(9,10)29(4,5)6/h11-12,15-16,21,23H,13-14,17-19H2,1-10H3/t21-,23+. The Morgan fingerprint density at radius 2 is 1.33 bits per heavy atom. The summed E-state index contributed by atoms with van der Waals surface area (Å²) in [5.41, 5.74) is 2.09. The van der Waals surface area contributed by atoms with E-state index in [4.69, 9.17) is 13.6 Å². The van der Waals surface area contributed by atoms with Gasteiger partial charge in [0, 0.05) is 12.5 Å². The second kappa shape index (κ2) is 10.2. The number of esters is 2. The molecule has 1 aromatic rings. The van der Waals surface area contributed by atoms with Crippen LogP contribution in [-0.4, -0.2) is 34.7 Å². The lowest BCUT2D eigenvalue weighted by atomic mass is 9.80. The quantitative estimate of drug-likeness (QED) is 0.207. The molecule has 3 rings (SSSR count). The number of benzene rings is 1. The molecular weight excluding hydrogens is 484 g/mol. The molecule has 2 aliphatic rings. The van der Waals surface area contributed by atoms with Gasteiger partial charge in [-0.25, -0.2) is 9.59 Å². The first-order chi connectivity index (χ1) is 16.4. The van der Waals surface area contributed by atoms with Crippen molar-refractivity contribution >= 4 is 28.6 Å². The van der Waals surface area contributed by atoms with Crippen LogP contribution in [0.4, 0.5) is 0 Å². The van der Waals surface area contributed by atoms with E-state index in [1.54, 1.807) is 0 Å². The highest BCUT2D eigenvalue weighted by Gasteiger charge is 2.43. The SMILES string of the molecule is CC(C)(C)[Si](C)(C)Oc1ccc(CC2=C([C@H]3CC[C@@H](O[Si](C)(C)C(C)(C)C)CC3)C(=O)OC2=O)cc1. The largest absolute Gasteiger partial charge is 0.544 e. The summed E-state index contributed by atoms with van der Waals surface area (Å²) in [6, 6.07) is 7.93. The summed E-state index contributed by atoms with van der Waals surface area (Å²) in [7, 11) is -3.75. The predicted molar refractivity (Wildman–Crippen MR) is 150 cm³/mol. The van der Waals surface area contributed by atoms with Crippen molar-refractivity contribution < 1.29 is 23.2 Å². The van der Waals surface area contributed by atoms with Crippen LogP contribution in [0.2, 0.25) is 36.3 Å². The summed E-state index contributed by atoms with van der Waals surface area (Å²) in [5.74, 6) is -0.0398. The minimum absolute atomic E-state index is 0.0550. The number of hydrogen-bond donors (Lipinski definition) is 0. The molecule has 1 saturated carbocycles. The van der Waals surface area contributed by atoms with Gasteiger partial charge in [0.25, 0.3) is 0 Å². The van der Waals surface area contributed by atoms with Crippen molar-refractivity contribution in [3.8, 4) is 5.75 Å². The van der Waals surface area contributed by atoms with Crippen molar-refractivity contribution in [2.45, 2.75) is 116 Å². The van der Waals surface area contributed by atoms with Crippen LogP contribution in [0.25, 0.3) is 0 Å². The van der Waals surface area contributed by atoms with Gasteiger partial charge in [-0.3, -0.25) is 0 Å². The highest BCUT2D eigenvalue weighted by molar-refractivity contribution is 6.75. The van der Waals surface area contributed by atoms with Crippen LogP contribution in [0.3, 0.4) is 0 Å². The number of ether oxygens (including phenoxy) is 1. The minimum atomic E-state index is -1.92. The van der Waals surface area contributed by atoms with Gasteiger partial charge >= 0.3 is 11.9 Å². The molecule has 0 aromatic heterocycles. The van der Waals surface area contributed by atoms with E-state index >= 15 is 0 Å². The Balaban J connectivity index is 1.70. The Kier molecular flexibility index (Phi) is 8.19. The third-order valence-electron chi connectivity index (χ3n) is 8.81. The van der Waals surface area contributed by atoms with E-state index in [0.29, 0.717) is 17.6 Å². The lowest BCUT2D eigenvalue weighted by molar-refractivity contribution is -0.151. The zero-order valence-electron chi connectivity index (χ0n) is 24.0. The van der Waals surface area contributed by atoms with Gasteiger partial charge in [0.1, 0.15) is 5.75 Å². The first kappa shape index (κ1) is 28.9. The average Bonchev–Trinajstić information content (AvgIpc) is 3.01. The van der Waals surface area contributed by atoms with E-state index < -0.39 is 28.6 Å². The molecule has 7 heteroatoms. The Labute approximate surface area is 220 Å². The van der Waals surface area contributed by atoms with Crippen molar-refractivity contribution in [3.05, 3.63) is 41.0 Å². The second-order valence-corrected chi connectivity index (χ2v) is 23.1. The fourth-order valence-corrected chi connectivity index (χ4v) is 6.86. The maximum absolute atomic E-state index is 12.7. The van der Waals surface area contributed by atoms with E-state index in [-0.39, 0.29) is 22.1 Å². The molecule has 0 N–H and O–H groups in total. The minimum Gasteiger partial charge on any atom is -0.544 e. The highest BCUT2D eigenvalue weighted by Crippen LogP contribution is 2.42. The Bertz CT molecular complexity index is 1000.